The molecule has 1 atom stereocenters. The molecule has 16 heavy (non-hydrogen) atoms. The zero-order chi connectivity index (χ0) is 12.0. The second kappa shape index (κ2) is 6.03. The minimum atomic E-state index is -3.35. The molecule has 1 rings (SSSR count). The SMILES string of the molecule is CC(CCc1ccco1)NS(=O)(=O)CCO. The van der Waals surface area contributed by atoms with Crippen LogP contribution in [-0.2, 0) is 16.4 Å². The third kappa shape index (κ3) is 4.78. The fourth-order valence-electron chi connectivity index (χ4n) is 1.36. The van der Waals surface area contributed by atoms with E-state index in [0.717, 1.165) is 5.76 Å². The third-order valence-corrected chi connectivity index (χ3v) is 3.63. The first-order valence-corrected chi connectivity index (χ1v) is 6.82. The van der Waals surface area contributed by atoms with Crippen molar-refractivity contribution in [2.75, 3.05) is 12.4 Å². The number of aliphatic hydroxyl groups is 1. The monoisotopic (exact) mass is 247 g/mol. The van der Waals surface area contributed by atoms with Gasteiger partial charge in [0.2, 0.25) is 10.0 Å². The van der Waals surface area contributed by atoms with Gasteiger partial charge in [0, 0.05) is 12.5 Å². The highest BCUT2D eigenvalue weighted by atomic mass is 32.2. The molecular formula is C10H17NO4S. The Labute approximate surface area is 95.5 Å². The Morgan fingerprint density at radius 1 is 1.56 bits per heavy atom. The molecule has 0 aliphatic carbocycles. The summed E-state index contributed by atoms with van der Waals surface area (Å²) >= 11 is 0. The Bertz CT molecular complexity index is 385. The van der Waals surface area contributed by atoms with E-state index in [2.05, 4.69) is 4.72 Å². The Morgan fingerprint density at radius 3 is 2.88 bits per heavy atom. The van der Waals surface area contributed by atoms with Crippen LogP contribution in [0.15, 0.2) is 22.8 Å². The molecule has 92 valence electrons. The van der Waals surface area contributed by atoms with Crippen molar-refractivity contribution >= 4 is 10.0 Å². The molecule has 1 aromatic rings. The number of aryl methyl sites for hydroxylation is 1. The van der Waals surface area contributed by atoms with Gasteiger partial charge in [0.15, 0.2) is 0 Å². The summed E-state index contributed by atoms with van der Waals surface area (Å²) in [5, 5.41) is 8.56. The molecule has 5 nitrogen and oxygen atoms in total. The van der Waals surface area contributed by atoms with E-state index in [-0.39, 0.29) is 18.4 Å². The van der Waals surface area contributed by atoms with Crippen LogP contribution >= 0.6 is 0 Å². The summed E-state index contributed by atoms with van der Waals surface area (Å²) in [5.41, 5.74) is 0. The highest BCUT2D eigenvalue weighted by molar-refractivity contribution is 7.89. The Morgan fingerprint density at radius 2 is 2.31 bits per heavy atom. The van der Waals surface area contributed by atoms with Crippen molar-refractivity contribution in [2.24, 2.45) is 0 Å². The largest absolute Gasteiger partial charge is 0.469 e. The second-order valence-corrected chi connectivity index (χ2v) is 5.55. The molecule has 0 amide bonds. The smallest absolute Gasteiger partial charge is 0.214 e. The molecule has 0 aliphatic rings. The van der Waals surface area contributed by atoms with Crippen LogP contribution in [0.3, 0.4) is 0 Å². The van der Waals surface area contributed by atoms with Crippen molar-refractivity contribution < 1.29 is 17.9 Å². The lowest BCUT2D eigenvalue weighted by Crippen LogP contribution is -2.35. The van der Waals surface area contributed by atoms with Crippen LogP contribution in [0.1, 0.15) is 19.1 Å². The predicted octanol–water partition coefficient (Wildman–Crippen LogP) is 0.512. The summed E-state index contributed by atoms with van der Waals surface area (Å²) in [6.45, 7) is 1.43. The lowest BCUT2D eigenvalue weighted by Gasteiger charge is -2.12. The summed E-state index contributed by atoms with van der Waals surface area (Å²) in [6.07, 6.45) is 2.95. The standard InChI is InChI=1S/C10H17NO4S/c1-9(11-16(13,14)8-6-12)4-5-10-3-2-7-15-10/h2-3,7,9,11-12H,4-6,8H2,1H3. The quantitative estimate of drug-likeness (QED) is 0.736. The van der Waals surface area contributed by atoms with Gasteiger partial charge in [0.25, 0.3) is 0 Å². The molecule has 0 aromatic carbocycles. The van der Waals surface area contributed by atoms with Crippen LogP contribution in [0.25, 0.3) is 0 Å². The Kier molecular flexibility index (Phi) is 4.98. The third-order valence-electron chi connectivity index (χ3n) is 2.14. The molecule has 0 saturated carbocycles. The highest BCUT2D eigenvalue weighted by Crippen LogP contribution is 2.06. The molecule has 1 aromatic heterocycles. The van der Waals surface area contributed by atoms with E-state index in [9.17, 15) is 8.42 Å². The van der Waals surface area contributed by atoms with E-state index in [1.807, 2.05) is 6.07 Å². The molecule has 0 saturated heterocycles. The first kappa shape index (κ1) is 13.2. The van der Waals surface area contributed by atoms with Gasteiger partial charge in [-0.05, 0) is 25.5 Å². The van der Waals surface area contributed by atoms with E-state index < -0.39 is 10.0 Å². The Hall–Kier alpha value is -0.850. The first-order chi connectivity index (χ1) is 7.53. The van der Waals surface area contributed by atoms with Crippen molar-refractivity contribution in [3.8, 4) is 0 Å². The van der Waals surface area contributed by atoms with E-state index in [4.69, 9.17) is 9.52 Å². The maximum absolute atomic E-state index is 11.3. The number of nitrogens with one attached hydrogen (secondary N) is 1. The summed E-state index contributed by atoms with van der Waals surface area (Å²) in [5.74, 6) is 0.589. The van der Waals surface area contributed by atoms with Gasteiger partial charge >= 0.3 is 0 Å². The van der Waals surface area contributed by atoms with E-state index in [1.54, 1.807) is 19.3 Å². The van der Waals surface area contributed by atoms with Crippen molar-refractivity contribution in [3.63, 3.8) is 0 Å². The average molecular weight is 247 g/mol. The number of hydrogen-bond acceptors (Lipinski definition) is 4. The van der Waals surface area contributed by atoms with Gasteiger partial charge in [0.1, 0.15) is 5.76 Å². The number of hydrogen-bond donors (Lipinski definition) is 2. The maximum Gasteiger partial charge on any atom is 0.214 e. The van der Waals surface area contributed by atoms with Crippen LogP contribution in [0.4, 0.5) is 0 Å². The highest BCUT2D eigenvalue weighted by Gasteiger charge is 2.13. The van der Waals surface area contributed by atoms with Gasteiger partial charge in [-0.25, -0.2) is 13.1 Å². The number of furan rings is 1. The number of aliphatic hydroxyl groups excluding tert-OH is 1. The molecule has 6 heteroatoms. The number of sulfonamides is 1. The zero-order valence-electron chi connectivity index (χ0n) is 9.22. The van der Waals surface area contributed by atoms with Gasteiger partial charge in [-0.1, -0.05) is 0 Å². The zero-order valence-corrected chi connectivity index (χ0v) is 10.0. The minimum absolute atomic E-state index is 0.165. The average Bonchev–Trinajstić information content (AvgIpc) is 2.66. The van der Waals surface area contributed by atoms with E-state index in [1.165, 1.54) is 0 Å². The minimum Gasteiger partial charge on any atom is -0.469 e. The fourth-order valence-corrected chi connectivity index (χ4v) is 2.45. The maximum atomic E-state index is 11.3. The van der Waals surface area contributed by atoms with E-state index >= 15 is 0 Å². The van der Waals surface area contributed by atoms with Gasteiger partial charge in [0.05, 0.1) is 18.6 Å². The topological polar surface area (TPSA) is 79.5 Å². The van der Waals surface area contributed by atoms with E-state index in [0.29, 0.717) is 12.8 Å². The first-order valence-electron chi connectivity index (χ1n) is 5.17. The number of rotatable bonds is 7. The molecule has 0 radical (unpaired) electrons. The van der Waals surface area contributed by atoms with Crippen LogP contribution in [0.2, 0.25) is 0 Å². The van der Waals surface area contributed by atoms with Crippen LogP contribution < -0.4 is 4.72 Å². The second-order valence-electron chi connectivity index (χ2n) is 3.68. The van der Waals surface area contributed by atoms with Crippen molar-refractivity contribution in [1.82, 2.24) is 4.72 Å². The summed E-state index contributed by atoms with van der Waals surface area (Å²) in [4.78, 5) is 0. The Balaban J connectivity index is 2.33. The summed E-state index contributed by atoms with van der Waals surface area (Å²) < 4.78 is 30.2. The molecule has 1 unspecified atom stereocenters. The summed E-state index contributed by atoms with van der Waals surface area (Å²) in [6, 6.07) is 3.49. The van der Waals surface area contributed by atoms with Gasteiger partial charge in [-0.15, -0.1) is 0 Å². The fraction of sp³-hybridized carbons (Fsp3) is 0.600. The van der Waals surface area contributed by atoms with Crippen molar-refractivity contribution in [2.45, 2.75) is 25.8 Å². The molecule has 0 spiro atoms. The van der Waals surface area contributed by atoms with Gasteiger partial charge in [-0.2, -0.15) is 0 Å². The van der Waals surface area contributed by atoms with Gasteiger partial charge in [-0.3, -0.25) is 0 Å². The molecule has 0 fully saturated rings. The van der Waals surface area contributed by atoms with Crippen LogP contribution in [-0.4, -0.2) is 31.9 Å². The lowest BCUT2D eigenvalue weighted by atomic mass is 10.2. The predicted molar refractivity (Wildman–Crippen MR) is 60.5 cm³/mol. The van der Waals surface area contributed by atoms with Crippen molar-refractivity contribution in [3.05, 3.63) is 24.2 Å². The van der Waals surface area contributed by atoms with Crippen LogP contribution in [0, 0.1) is 0 Å². The molecular weight excluding hydrogens is 230 g/mol. The van der Waals surface area contributed by atoms with Crippen LogP contribution in [0.5, 0.6) is 0 Å². The lowest BCUT2D eigenvalue weighted by molar-refractivity contribution is 0.319. The molecule has 0 bridgehead atoms. The normalized spacial score (nSPS) is 13.9. The van der Waals surface area contributed by atoms with Crippen molar-refractivity contribution in [1.29, 1.82) is 0 Å². The summed E-state index contributed by atoms with van der Waals surface area (Å²) in [7, 11) is -3.35. The molecule has 2 N–H and O–H groups in total. The molecule has 1 heterocycles. The van der Waals surface area contributed by atoms with Gasteiger partial charge < -0.3 is 9.52 Å². The molecule has 0 aliphatic heterocycles.